The number of nitrogens with one attached hydrogen (secondary N) is 2. The van der Waals surface area contributed by atoms with E-state index in [9.17, 15) is 0 Å². The van der Waals surface area contributed by atoms with Gasteiger partial charge in [-0.3, -0.25) is 0 Å². The second kappa shape index (κ2) is 5.29. The third-order valence-electron chi connectivity index (χ3n) is 3.95. The fourth-order valence-corrected chi connectivity index (χ4v) is 2.86. The van der Waals surface area contributed by atoms with Gasteiger partial charge in [0, 0.05) is 43.7 Å². The molecule has 1 atom stereocenters. The quantitative estimate of drug-likeness (QED) is 0.890. The molecule has 4 rings (SSSR count). The third kappa shape index (κ3) is 2.42. The maximum Gasteiger partial charge on any atom is 0.231 e. The second-order valence-corrected chi connectivity index (χ2v) is 5.43. The molecule has 21 heavy (non-hydrogen) atoms. The molecular formula is C15H18N4O2. The molecule has 0 radical (unpaired) electrons. The molecule has 0 bridgehead atoms. The first-order chi connectivity index (χ1) is 10.4. The van der Waals surface area contributed by atoms with Crippen molar-refractivity contribution in [2.24, 2.45) is 5.92 Å². The molecule has 1 aromatic heterocycles. The van der Waals surface area contributed by atoms with Crippen LogP contribution >= 0.6 is 0 Å². The molecular weight excluding hydrogens is 268 g/mol. The minimum Gasteiger partial charge on any atom is -0.454 e. The predicted octanol–water partition coefficient (Wildman–Crippen LogP) is 1.44. The Morgan fingerprint density at radius 1 is 1.33 bits per heavy atom. The van der Waals surface area contributed by atoms with Crippen molar-refractivity contribution >= 4 is 5.82 Å². The van der Waals surface area contributed by atoms with Crippen LogP contribution in [0.3, 0.4) is 0 Å². The molecule has 0 fully saturated rings. The minimum atomic E-state index is 0.320. The van der Waals surface area contributed by atoms with E-state index in [4.69, 9.17) is 9.47 Å². The summed E-state index contributed by atoms with van der Waals surface area (Å²) in [7, 11) is 0. The molecule has 0 amide bonds. The van der Waals surface area contributed by atoms with Crippen LogP contribution < -0.4 is 20.1 Å². The zero-order chi connectivity index (χ0) is 14.1. The Morgan fingerprint density at radius 2 is 2.33 bits per heavy atom. The molecule has 2 N–H and O–H groups in total. The summed E-state index contributed by atoms with van der Waals surface area (Å²) in [6, 6.07) is 8.03. The molecule has 3 heterocycles. The van der Waals surface area contributed by atoms with E-state index < -0.39 is 0 Å². The first-order valence-corrected chi connectivity index (χ1v) is 7.24. The van der Waals surface area contributed by atoms with Gasteiger partial charge >= 0.3 is 0 Å². The van der Waals surface area contributed by atoms with Gasteiger partial charge in [0.05, 0.1) is 6.20 Å². The summed E-state index contributed by atoms with van der Waals surface area (Å²) in [6.07, 6.45) is 1.84. The molecule has 1 aromatic carbocycles. The highest BCUT2D eigenvalue weighted by Crippen LogP contribution is 2.35. The zero-order valence-corrected chi connectivity index (χ0v) is 11.7. The molecule has 0 unspecified atom stereocenters. The summed E-state index contributed by atoms with van der Waals surface area (Å²) < 4.78 is 12.9. The normalized spacial score (nSPS) is 19.1. The summed E-state index contributed by atoms with van der Waals surface area (Å²) in [6.45, 7) is 3.98. The van der Waals surface area contributed by atoms with Crippen LogP contribution in [0.1, 0.15) is 5.56 Å². The van der Waals surface area contributed by atoms with E-state index in [1.807, 2.05) is 29.1 Å². The molecule has 0 spiro atoms. The molecule has 2 aliphatic heterocycles. The van der Waals surface area contributed by atoms with Crippen LogP contribution in [0, 0.1) is 5.92 Å². The molecule has 2 aromatic rings. The van der Waals surface area contributed by atoms with Crippen LogP contribution in [0.5, 0.6) is 11.5 Å². The van der Waals surface area contributed by atoms with E-state index in [2.05, 4.69) is 21.8 Å². The fourth-order valence-electron chi connectivity index (χ4n) is 2.86. The van der Waals surface area contributed by atoms with Crippen molar-refractivity contribution in [1.29, 1.82) is 0 Å². The average molecular weight is 286 g/mol. The van der Waals surface area contributed by atoms with E-state index in [-0.39, 0.29) is 0 Å². The monoisotopic (exact) mass is 286 g/mol. The number of ether oxygens (including phenoxy) is 2. The largest absolute Gasteiger partial charge is 0.454 e. The van der Waals surface area contributed by atoms with E-state index in [1.54, 1.807) is 0 Å². The Bertz CT molecular complexity index is 640. The second-order valence-electron chi connectivity index (χ2n) is 5.43. The van der Waals surface area contributed by atoms with Gasteiger partial charge < -0.3 is 20.1 Å². The van der Waals surface area contributed by atoms with Gasteiger partial charge in [-0.15, -0.1) is 0 Å². The smallest absolute Gasteiger partial charge is 0.231 e. The molecule has 0 saturated heterocycles. The van der Waals surface area contributed by atoms with E-state index >= 15 is 0 Å². The molecule has 110 valence electrons. The number of para-hydroxylation sites is 1. The van der Waals surface area contributed by atoms with Gasteiger partial charge in [0.15, 0.2) is 11.5 Å². The number of fused-ring (bicyclic) bond motifs is 2. The lowest BCUT2D eigenvalue weighted by Crippen LogP contribution is -2.35. The molecule has 2 aliphatic rings. The lowest BCUT2D eigenvalue weighted by atomic mass is 10.1. The average Bonchev–Trinajstić information content (AvgIpc) is 3.15. The van der Waals surface area contributed by atoms with Crippen molar-refractivity contribution in [2.45, 2.75) is 13.1 Å². The van der Waals surface area contributed by atoms with Gasteiger partial charge in [0.2, 0.25) is 6.79 Å². The minimum absolute atomic E-state index is 0.320. The van der Waals surface area contributed by atoms with Crippen LogP contribution in [-0.4, -0.2) is 29.7 Å². The Morgan fingerprint density at radius 3 is 3.33 bits per heavy atom. The van der Waals surface area contributed by atoms with Crippen LogP contribution in [0.4, 0.5) is 5.82 Å². The number of hydrogen-bond acceptors (Lipinski definition) is 5. The Hall–Kier alpha value is -2.21. The zero-order valence-electron chi connectivity index (χ0n) is 11.7. The summed E-state index contributed by atoms with van der Waals surface area (Å²) in [4.78, 5) is 0. The summed E-state index contributed by atoms with van der Waals surface area (Å²) in [5.74, 6) is 3.36. The molecule has 6 nitrogen and oxygen atoms in total. The Balaban J connectivity index is 1.34. The van der Waals surface area contributed by atoms with Crippen molar-refractivity contribution in [3.63, 3.8) is 0 Å². The van der Waals surface area contributed by atoms with E-state index in [0.29, 0.717) is 12.7 Å². The first kappa shape index (κ1) is 12.5. The van der Waals surface area contributed by atoms with E-state index in [1.165, 1.54) is 0 Å². The van der Waals surface area contributed by atoms with Gasteiger partial charge in [-0.05, 0) is 6.07 Å². The predicted molar refractivity (Wildman–Crippen MR) is 78.5 cm³/mol. The van der Waals surface area contributed by atoms with Crippen LogP contribution in [0.25, 0.3) is 0 Å². The molecule has 0 saturated carbocycles. The highest BCUT2D eigenvalue weighted by Gasteiger charge is 2.19. The maximum absolute atomic E-state index is 5.52. The summed E-state index contributed by atoms with van der Waals surface area (Å²) in [5.41, 5.74) is 1.15. The Labute approximate surface area is 123 Å². The van der Waals surface area contributed by atoms with Crippen molar-refractivity contribution in [3.05, 3.63) is 36.0 Å². The lowest BCUT2D eigenvalue weighted by molar-refractivity contribution is 0.173. The number of rotatable bonds is 4. The highest BCUT2D eigenvalue weighted by atomic mass is 16.7. The van der Waals surface area contributed by atoms with Gasteiger partial charge in [0.25, 0.3) is 0 Å². The van der Waals surface area contributed by atoms with Gasteiger partial charge in [-0.25, -0.2) is 4.68 Å². The van der Waals surface area contributed by atoms with Crippen molar-refractivity contribution in [3.8, 4) is 11.5 Å². The van der Waals surface area contributed by atoms with Crippen molar-refractivity contribution < 1.29 is 9.47 Å². The van der Waals surface area contributed by atoms with Gasteiger partial charge in [-0.2, -0.15) is 5.10 Å². The van der Waals surface area contributed by atoms with Crippen LogP contribution in [-0.2, 0) is 13.1 Å². The van der Waals surface area contributed by atoms with Gasteiger partial charge in [-0.1, -0.05) is 12.1 Å². The topological polar surface area (TPSA) is 60.3 Å². The molecule has 0 aliphatic carbocycles. The number of aromatic nitrogens is 2. The first-order valence-electron chi connectivity index (χ1n) is 7.24. The van der Waals surface area contributed by atoms with Gasteiger partial charge in [0.1, 0.15) is 5.82 Å². The molecule has 6 heteroatoms. The fraction of sp³-hybridized carbons (Fsp3) is 0.400. The number of nitrogens with zero attached hydrogens (tertiary/aromatic N) is 2. The third-order valence-corrected chi connectivity index (χ3v) is 3.95. The summed E-state index contributed by atoms with van der Waals surface area (Å²) >= 11 is 0. The van der Waals surface area contributed by atoms with Crippen LogP contribution in [0.15, 0.2) is 30.5 Å². The standard InChI is InChI=1S/C15H18N4O2/c1-2-12(15-13(3-1)20-10-21-15)8-16-6-11-7-17-14-4-5-18-19(14)9-11/h1-5,11,16-17H,6-10H2/t11-/m0/s1. The van der Waals surface area contributed by atoms with E-state index in [0.717, 1.165) is 49.1 Å². The van der Waals surface area contributed by atoms with Crippen molar-refractivity contribution in [1.82, 2.24) is 15.1 Å². The number of benzene rings is 1. The lowest BCUT2D eigenvalue weighted by Gasteiger charge is -2.25. The summed E-state index contributed by atoms with van der Waals surface area (Å²) in [5, 5.41) is 11.2. The highest BCUT2D eigenvalue weighted by molar-refractivity contribution is 5.48. The number of hydrogen-bond donors (Lipinski definition) is 2. The Kier molecular flexibility index (Phi) is 3.16. The maximum atomic E-state index is 5.52. The number of anilines is 1. The van der Waals surface area contributed by atoms with Crippen molar-refractivity contribution in [2.75, 3.05) is 25.2 Å². The van der Waals surface area contributed by atoms with Crippen LogP contribution in [0.2, 0.25) is 0 Å². The SMILES string of the molecule is c1cc(CNC[C@H]2CNc3ccnn3C2)c2c(c1)OCO2.